The van der Waals surface area contributed by atoms with Crippen LogP contribution in [0.25, 0.3) is 0 Å². The summed E-state index contributed by atoms with van der Waals surface area (Å²) in [6, 6.07) is 8.70. The third-order valence-electron chi connectivity index (χ3n) is 5.26. The second kappa shape index (κ2) is 8.18. The van der Waals surface area contributed by atoms with Crippen LogP contribution in [0.1, 0.15) is 28.3 Å². The monoisotopic (exact) mass is 469 g/mol. The topological polar surface area (TPSA) is 41.8 Å². The first-order valence-corrected chi connectivity index (χ1v) is 9.49. The van der Waals surface area contributed by atoms with Crippen LogP contribution >= 0.6 is 0 Å². The van der Waals surface area contributed by atoms with Gasteiger partial charge in [0.2, 0.25) is 5.60 Å². The third kappa shape index (κ3) is 4.18. The van der Waals surface area contributed by atoms with Crippen LogP contribution in [0.15, 0.2) is 59.6 Å². The first-order valence-electron chi connectivity index (χ1n) is 9.49. The van der Waals surface area contributed by atoms with E-state index in [0.717, 1.165) is 12.1 Å². The van der Waals surface area contributed by atoms with Crippen molar-refractivity contribution in [2.45, 2.75) is 17.8 Å². The second-order valence-electron chi connectivity index (χ2n) is 7.42. The Kier molecular flexibility index (Phi) is 5.65. The molecule has 0 aliphatic carbocycles. The van der Waals surface area contributed by atoms with Crippen LogP contribution in [0, 0.1) is 23.3 Å². The van der Waals surface area contributed by atoms with Crippen molar-refractivity contribution in [1.29, 1.82) is 0 Å². The van der Waals surface area contributed by atoms with Gasteiger partial charge in [-0.1, -0.05) is 24.3 Å². The normalized spacial score (nSPS) is 17.0. The molecule has 0 amide bonds. The minimum absolute atomic E-state index is 0.243. The predicted molar refractivity (Wildman–Crippen MR) is 104 cm³/mol. The molecule has 4 rings (SSSR count). The molecule has 3 aromatic rings. The number of nitrogens with zero attached hydrogens (tertiary/aromatic N) is 1. The highest BCUT2D eigenvalue weighted by molar-refractivity contribution is 5.86. The fraction of sp³-hybridized carbons (Fsp3) is 0.174. The molecule has 0 saturated carbocycles. The Bertz CT molecular complexity index is 1200. The predicted octanol–water partition coefficient (Wildman–Crippen LogP) is 5.59. The maximum Gasteiger partial charge on any atom is 0.424 e. The van der Waals surface area contributed by atoms with Crippen LogP contribution in [0.4, 0.5) is 30.7 Å². The zero-order valence-corrected chi connectivity index (χ0v) is 16.5. The van der Waals surface area contributed by atoms with Crippen LogP contribution in [0.5, 0.6) is 5.75 Å². The van der Waals surface area contributed by atoms with E-state index in [-0.39, 0.29) is 17.7 Å². The fourth-order valence-corrected chi connectivity index (χ4v) is 3.51. The van der Waals surface area contributed by atoms with Gasteiger partial charge in [-0.25, -0.2) is 17.6 Å². The van der Waals surface area contributed by atoms with Crippen LogP contribution in [-0.4, -0.2) is 24.1 Å². The standard InChI is InChI=1S/C23H14F7NO2/c24-15-4-1-12(2-5-15)20-17-6-3-14(7-13(17)10-31-20)22(32,23(28,29)30)11-33-21-18(26)8-16(25)9-19(21)27/h1-10,20,32H,11H2. The molecule has 1 aliphatic rings. The van der Waals surface area contributed by atoms with E-state index in [9.17, 15) is 35.8 Å². The highest BCUT2D eigenvalue weighted by Crippen LogP contribution is 2.42. The van der Waals surface area contributed by atoms with E-state index >= 15 is 0 Å². The SMILES string of the molecule is OC(COc1c(F)cc(F)cc1F)(c1ccc2c(c1)C=NC2c1ccc(F)cc1)C(F)(F)F. The first-order chi connectivity index (χ1) is 15.5. The van der Waals surface area contributed by atoms with E-state index in [0.29, 0.717) is 11.1 Å². The number of aliphatic imine (C=N–C) groups is 1. The Hall–Kier alpha value is -3.40. The Balaban J connectivity index is 1.66. The lowest BCUT2D eigenvalue weighted by atomic mass is 9.89. The average molecular weight is 469 g/mol. The van der Waals surface area contributed by atoms with Gasteiger partial charge in [-0.3, -0.25) is 4.99 Å². The van der Waals surface area contributed by atoms with Gasteiger partial charge >= 0.3 is 6.18 Å². The van der Waals surface area contributed by atoms with E-state index < -0.39 is 59.0 Å². The molecule has 0 aromatic heterocycles. The fourth-order valence-electron chi connectivity index (χ4n) is 3.51. The van der Waals surface area contributed by atoms with Crippen LogP contribution < -0.4 is 4.74 Å². The summed E-state index contributed by atoms with van der Waals surface area (Å²) < 4.78 is 100.0. The van der Waals surface area contributed by atoms with Gasteiger partial charge in [0.25, 0.3) is 0 Å². The van der Waals surface area contributed by atoms with Gasteiger partial charge in [-0.15, -0.1) is 0 Å². The van der Waals surface area contributed by atoms with Gasteiger partial charge in [0.05, 0.1) is 0 Å². The molecule has 0 spiro atoms. The maximum absolute atomic E-state index is 13.8. The average Bonchev–Trinajstić information content (AvgIpc) is 3.16. The number of aliphatic hydroxyl groups is 1. The molecule has 1 aliphatic heterocycles. The summed E-state index contributed by atoms with van der Waals surface area (Å²) in [4.78, 5) is 4.24. The number of fused-ring (bicyclic) bond motifs is 1. The van der Waals surface area contributed by atoms with Gasteiger partial charge in [-0.2, -0.15) is 13.2 Å². The molecule has 33 heavy (non-hydrogen) atoms. The summed E-state index contributed by atoms with van der Waals surface area (Å²) in [6.07, 6.45) is -3.98. The summed E-state index contributed by atoms with van der Waals surface area (Å²) in [5.74, 6) is -6.10. The third-order valence-corrected chi connectivity index (χ3v) is 5.26. The van der Waals surface area contributed by atoms with E-state index in [1.165, 1.54) is 36.5 Å². The molecule has 1 heterocycles. The first kappa shape index (κ1) is 22.8. The number of hydrogen-bond donors (Lipinski definition) is 1. The highest BCUT2D eigenvalue weighted by atomic mass is 19.4. The van der Waals surface area contributed by atoms with Crippen LogP contribution in [-0.2, 0) is 5.60 Å². The summed E-state index contributed by atoms with van der Waals surface area (Å²) in [5, 5.41) is 10.5. The summed E-state index contributed by atoms with van der Waals surface area (Å²) in [5.41, 5.74) is -2.90. The quantitative estimate of drug-likeness (QED) is 0.495. The molecule has 3 nitrogen and oxygen atoms in total. The molecule has 3 aromatic carbocycles. The lowest BCUT2D eigenvalue weighted by Crippen LogP contribution is -2.47. The Morgan fingerprint density at radius 1 is 0.848 bits per heavy atom. The van der Waals surface area contributed by atoms with E-state index in [4.69, 9.17) is 0 Å². The molecule has 1 N–H and O–H groups in total. The summed E-state index contributed by atoms with van der Waals surface area (Å²) in [6.45, 7) is -1.59. The molecule has 0 fully saturated rings. The Morgan fingerprint density at radius 3 is 2.09 bits per heavy atom. The Morgan fingerprint density at radius 2 is 1.48 bits per heavy atom. The van der Waals surface area contributed by atoms with Gasteiger partial charge < -0.3 is 9.84 Å². The van der Waals surface area contributed by atoms with E-state index in [1.807, 2.05) is 0 Å². The van der Waals surface area contributed by atoms with E-state index in [1.54, 1.807) is 0 Å². The number of hydrogen-bond acceptors (Lipinski definition) is 3. The number of benzene rings is 3. The van der Waals surface area contributed by atoms with Crippen molar-refractivity contribution >= 4 is 6.21 Å². The molecular weight excluding hydrogens is 455 g/mol. The van der Waals surface area contributed by atoms with Gasteiger partial charge in [-0.05, 0) is 40.5 Å². The van der Waals surface area contributed by atoms with Gasteiger partial charge in [0, 0.05) is 18.3 Å². The lowest BCUT2D eigenvalue weighted by Gasteiger charge is -2.31. The van der Waals surface area contributed by atoms with Gasteiger partial charge in [0.15, 0.2) is 17.4 Å². The Labute approximate surface area is 182 Å². The molecule has 10 heteroatoms. The van der Waals surface area contributed by atoms with Crippen molar-refractivity contribution in [1.82, 2.24) is 0 Å². The zero-order chi connectivity index (χ0) is 24.0. The second-order valence-corrected chi connectivity index (χ2v) is 7.42. The maximum atomic E-state index is 13.8. The van der Waals surface area contributed by atoms with Crippen molar-refractivity contribution in [3.05, 3.63) is 100 Å². The highest BCUT2D eigenvalue weighted by Gasteiger charge is 2.56. The largest absolute Gasteiger partial charge is 0.484 e. The zero-order valence-electron chi connectivity index (χ0n) is 16.5. The van der Waals surface area contributed by atoms with Crippen molar-refractivity contribution in [3.63, 3.8) is 0 Å². The minimum Gasteiger partial charge on any atom is -0.484 e. The van der Waals surface area contributed by atoms with Crippen molar-refractivity contribution in [2.24, 2.45) is 4.99 Å². The number of rotatable bonds is 5. The molecule has 172 valence electrons. The number of ether oxygens (including phenoxy) is 1. The van der Waals surface area contributed by atoms with Crippen LogP contribution in [0.2, 0.25) is 0 Å². The molecule has 0 radical (unpaired) electrons. The van der Waals surface area contributed by atoms with Crippen molar-refractivity contribution in [2.75, 3.05) is 6.61 Å². The molecule has 2 atom stereocenters. The summed E-state index contributed by atoms with van der Waals surface area (Å²) in [7, 11) is 0. The van der Waals surface area contributed by atoms with Crippen molar-refractivity contribution < 1.29 is 40.6 Å². The lowest BCUT2D eigenvalue weighted by molar-refractivity contribution is -0.275. The van der Waals surface area contributed by atoms with Crippen molar-refractivity contribution in [3.8, 4) is 5.75 Å². The molecule has 0 saturated heterocycles. The summed E-state index contributed by atoms with van der Waals surface area (Å²) >= 11 is 0. The molecule has 0 bridgehead atoms. The van der Waals surface area contributed by atoms with Crippen LogP contribution in [0.3, 0.4) is 0 Å². The molecular formula is C23H14F7NO2. The molecule has 2 unspecified atom stereocenters. The number of alkyl halides is 3. The minimum atomic E-state index is -5.29. The number of halogens is 7. The van der Waals surface area contributed by atoms with Gasteiger partial charge in [0.1, 0.15) is 24.3 Å². The smallest absolute Gasteiger partial charge is 0.424 e. The van der Waals surface area contributed by atoms with E-state index in [2.05, 4.69) is 9.73 Å².